The molecule has 1 aromatic heterocycles. The highest BCUT2D eigenvalue weighted by Gasteiger charge is 2.25. The topological polar surface area (TPSA) is 86.9 Å². The third kappa shape index (κ3) is 6.88. The quantitative estimate of drug-likeness (QED) is 0.468. The van der Waals surface area contributed by atoms with Gasteiger partial charge in [-0.25, -0.2) is 13.4 Å². The second-order valence-corrected chi connectivity index (χ2v) is 9.88. The second kappa shape index (κ2) is 10.6. The van der Waals surface area contributed by atoms with Gasteiger partial charge in [-0.05, 0) is 56.1 Å². The molecule has 1 aliphatic heterocycles. The molecule has 0 saturated carbocycles. The van der Waals surface area contributed by atoms with Gasteiger partial charge >= 0.3 is 0 Å². The maximum absolute atomic E-state index is 11.4. The van der Waals surface area contributed by atoms with E-state index >= 15 is 0 Å². The van der Waals surface area contributed by atoms with Crippen LogP contribution in [0.25, 0.3) is 0 Å². The zero-order valence-electron chi connectivity index (χ0n) is 17.8. The molecule has 2 aromatic rings. The number of likely N-dealkylation sites (tertiary alicyclic amines) is 1. The predicted molar refractivity (Wildman–Crippen MR) is 120 cm³/mol. The van der Waals surface area contributed by atoms with Crippen LogP contribution in [0, 0.1) is 0 Å². The molecule has 2 heterocycles. The van der Waals surface area contributed by atoms with Crippen LogP contribution in [-0.2, 0) is 22.1 Å². The van der Waals surface area contributed by atoms with E-state index < -0.39 is 9.84 Å². The van der Waals surface area contributed by atoms with E-state index in [1.54, 1.807) is 6.26 Å². The van der Waals surface area contributed by atoms with Crippen LogP contribution in [0.1, 0.15) is 42.7 Å². The van der Waals surface area contributed by atoms with Crippen LogP contribution in [0.2, 0.25) is 0 Å². The normalized spacial score (nSPS) is 16.5. The molecule has 3 rings (SSSR count). The molecule has 0 aliphatic carbocycles. The third-order valence-corrected chi connectivity index (χ3v) is 5.99. The fourth-order valence-corrected chi connectivity index (χ4v) is 4.49. The van der Waals surface area contributed by atoms with Gasteiger partial charge < -0.3 is 15.1 Å². The van der Waals surface area contributed by atoms with Gasteiger partial charge in [0.25, 0.3) is 0 Å². The van der Waals surface area contributed by atoms with E-state index in [0.29, 0.717) is 13.1 Å². The van der Waals surface area contributed by atoms with Crippen LogP contribution in [0.15, 0.2) is 52.1 Å². The van der Waals surface area contributed by atoms with Gasteiger partial charge in [-0.1, -0.05) is 24.3 Å². The first-order valence-corrected chi connectivity index (χ1v) is 12.6. The summed E-state index contributed by atoms with van der Waals surface area (Å²) in [4.78, 5) is 7.15. The van der Waals surface area contributed by atoms with E-state index in [1.165, 1.54) is 19.1 Å². The van der Waals surface area contributed by atoms with Crippen LogP contribution in [0.3, 0.4) is 0 Å². The Kier molecular flexibility index (Phi) is 7.93. The molecule has 1 aromatic carbocycles. The lowest BCUT2D eigenvalue weighted by molar-refractivity contribution is 0.215. The zero-order chi connectivity index (χ0) is 21.4. The molecule has 2 N–H and O–H groups in total. The maximum atomic E-state index is 11.4. The Morgan fingerprint density at radius 1 is 1.13 bits per heavy atom. The van der Waals surface area contributed by atoms with Gasteiger partial charge in [0, 0.05) is 19.3 Å². The lowest BCUT2D eigenvalue weighted by atomic mass is 10.1. The van der Waals surface area contributed by atoms with E-state index in [4.69, 9.17) is 9.41 Å². The van der Waals surface area contributed by atoms with Crippen molar-refractivity contribution in [2.75, 3.05) is 32.4 Å². The number of rotatable bonds is 9. The first kappa shape index (κ1) is 22.4. The van der Waals surface area contributed by atoms with Crippen molar-refractivity contribution in [2.24, 2.45) is 4.99 Å². The van der Waals surface area contributed by atoms with Gasteiger partial charge in [-0.2, -0.15) is 0 Å². The number of hydrogen-bond donors (Lipinski definition) is 2. The molecular formula is C22H32N4O3S. The Labute approximate surface area is 179 Å². The molecular weight excluding hydrogens is 400 g/mol. The van der Waals surface area contributed by atoms with Gasteiger partial charge in [0.15, 0.2) is 15.8 Å². The summed E-state index contributed by atoms with van der Waals surface area (Å²) in [6.45, 7) is 6.22. The van der Waals surface area contributed by atoms with Crippen LogP contribution in [-0.4, -0.2) is 51.7 Å². The fraction of sp³-hybridized carbons (Fsp3) is 0.500. The number of furan rings is 1. The van der Waals surface area contributed by atoms with E-state index in [0.717, 1.165) is 42.5 Å². The molecule has 0 radical (unpaired) electrons. The van der Waals surface area contributed by atoms with Gasteiger partial charge in [-0.3, -0.25) is 4.90 Å². The van der Waals surface area contributed by atoms with Gasteiger partial charge in [0.2, 0.25) is 0 Å². The smallest absolute Gasteiger partial charge is 0.191 e. The van der Waals surface area contributed by atoms with Gasteiger partial charge in [0.05, 0.1) is 24.6 Å². The average Bonchev–Trinajstić information content (AvgIpc) is 3.41. The van der Waals surface area contributed by atoms with Crippen LogP contribution in [0.5, 0.6) is 0 Å². The number of guanidine groups is 1. The fourth-order valence-electron chi connectivity index (χ4n) is 3.69. The Bertz CT molecular complexity index is 902. The number of nitrogens with zero attached hydrogens (tertiary/aromatic N) is 2. The number of sulfone groups is 1. The average molecular weight is 433 g/mol. The summed E-state index contributed by atoms with van der Waals surface area (Å²) >= 11 is 0. The van der Waals surface area contributed by atoms with Crippen molar-refractivity contribution >= 4 is 15.8 Å². The Morgan fingerprint density at radius 3 is 2.43 bits per heavy atom. The van der Waals surface area contributed by atoms with Crippen molar-refractivity contribution in [3.05, 3.63) is 59.5 Å². The highest BCUT2D eigenvalue weighted by molar-refractivity contribution is 7.89. The molecule has 1 fully saturated rings. The number of nitrogens with one attached hydrogen (secondary N) is 2. The first-order chi connectivity index (χ1) is 14.4. The van der Waals surface area contributed by atoms with E-state index in [2.05, 4.69) is 15.5 Å². The Balaban J connectivity index is 1.62. The summed E-state index contributed by atoms with van der Waals surface area (Å²) in [6.07, 6.45) is 5.42. The summed E-state index contributed by atoms with van der Waals surface area (Å²) in [7, 11) is -3.02. The van der Waals surface area contributed by atoms with Gasteiger partial charge in [0.1, 0.15) is 5.76 Å². The SMILES string of the molecule is CCNC(=NCc1ccc(CS(C)(=O)=O)cc1)NCC(c1ccco1)N1CCCC1. The van der Waals surface area contributed by atoms with Crippen molar-refractivity contribution in [3.63, 3.8) is 0 Å². The summed E-state index contributed by atoms with van der Waals surface area (Å²) in [6, 6.07) is 11.7. The van der Waals surface area contributed by atoms with Crippen molar-refractivity contribution in [3.8, 4) is 0 Å². The minimum Gasteiger partial charge on any atom is -0.468 e. The lowest BCUT2D eigenvalue weighted by Gasteiger charge is -2.26. The summed E-state index contributed by atoms with van der Waals surface area (Å²) in [5.74, 6) is 1.79. The highest BCUT2D eigenvalue weighted by atomic mass is 32.2. The largest absolute Gasteiger partial charge is 0.468 e. The van der Waals surface area contributed by atoms with Crippen LogP contribution >= 0.6 is 0 Å². The zero-order valence-corrected chi connectivity index (χ0v) is 18.6. The molecule has 1 unspecified atom stereocenters. The molecule has 8 heteroatoms. The number of benzene rings is 1. The number of aliphatic imine (C=N–C) groups is 1. The molecule has 1 atom stereocenters. The van der Waals surface area contributed by atoms with E-state index in [9.17, 15) is 8.42 Å². The van der Waals surface area contributed by atoms with Crippen molar-refractivity contribution in [1.29, 1.82) is 0 Å². The number of hydrogen-bond acceptors (Lipinski definition) is 5. The van der Waals surface area contributed by atoms with Crippen molar-refractivity contribution in [1.82, 2.24) is 15.5 Å². The van der Waals surface area contributed by atoms with Gasteiger partial charge in [-0.15, -0.1) is 0 Å². The summed E-state index contributed by atoms with van der Waals surface area (Å²) in [5.41, 5.74) is 1.83. The minimum absolute atomic E-state index is 0.0609. The maximum Gasteiger partial charge on any atom is 0.191 e. The van der Waals surface area contributed by atoms with E-state index in [-0.39, 0.29) is 11.8 Å². The standard InChI is InChI=1S/C22H32N4O3S/c1-3-23-22(24-15-18-8-10-19(11-9-18)17-30(2,27)28)25-16-20(21-7-6-14-29-21)26-12-4-5-13-26/h6-11,14,20H,3-5,12-13,15-17H2,1-2H3,(H2,23,24,25). The Morgan fingerprint density at radius 2 is 1.83 bits per heavy atom. The molecule has 30 heavy (non-hydrogen) atoms. The molecule has 0 amide bonds. The molecule has 7 nitrogen and oxygen atoms in total. The van der Waals surface area contributed by atoms with Crippen LogP contribution in [0.4, 0.5) is 0 Å². The van der Waals surface area contributed by atoms with Crippen molar-refractivity contribution < 1.29 is 12.8 Å². The summed E-state index contributed by atoms with van der Waals surface area (Å²) in [5, 5.41) is 6.75. The molecule has 1 saturated heterocycles. The third-order valence-electron chi connectivity index (χ3n) is 5.13. The second-order valence-electron chi connectivity index (χ2n) is 7.74. The summed E-state index contributed by atoms with van der Waals surface area (Å²) < 4.78 is 28.6. The lowest BCUT2D eigenvalue weighted by Crippen LogP contribution is -2.42. The molecule has 0 spiro atoms. The molecule has 164 valence electrons. The predicted octanol–water partition coefficient (Wildman–Crippen LogP) is 2.72. The highest BCUT2D eigenvalue weighted by Crippen LogP contribution is 2.24. The van der Waals surface area contributed by atoms with E-state index in [1.807, 2.05) is 43.3 Å². The Hall–Kier alpha value is -2.32. The first-order valence-electron chi connectivity index (χ1n) is 10.5. The molecule has 0 bridgehead atoms. The minimum atomic E-state index is -3.02. The van der Waals surface area contributed by atoms with Crippen LogP contribution < -0.4 is 10.6 Å². The monoisotopic (exact) mass is 432 g/mol. The molecule has 1 aliphatic rings. The van der Waals surface area contributed by atoms with Crippen molar-refractivity contribution in [2.45, 2.75) is 38.1 Å².